The van der Waals surface area contributed by atoms with Crippen LogP contribution < -0.4 is 0 Å². The van der Waals surface area contributed by atoms with E-state index in [1.165, 1.54) is 17.5 Å². The fourth-order valence-corrected chi connectivity index (χ4v) is 3.35. The Bertz CT molecular complexity index is 649. The van der Waals surface area contributed by atoms with E-state index in [-0.39, 0.29) is 6.42 Å². The Morgan fingerprint density at radius 2 is 2.17 bits per heavy atom. The molecule has 2 aromatic heterocycles. The summed E-state index contributed by atoms with van der Waals surface area (Å²) in [4.78, 5) is 28.8. The Balaban J connectivity index is 0.00000139. The topological polar surface area (TPSA) is 72.2 Å². The number of carbonyl (C=O) groups excluding carboxylic acids is 1. The van der Waals surface area contributed by atoms with E-state index in [9.17, 15) is 14.7 Å². The monoisotopic (exact) mass is 350 g/mol. The number of aliphatic carboxylic acids is 1. The number of aryl methyl sites for hydroxylation is 1. The summed E-state index contributed by atoms with van der Waals surface area (Å²) in [5, 5.41) is 11.6. The standard InChI is InChI=1S/C16H20N2O3S.C2H6/c1-3-4-7-14-17-10-13(18(14)2)16(11-19,15(20)21)9-12-6-5-8-22-12;1-2/h5-6,8,10-11H,3-4,7,9H2,1-2H3,(H,20,21);1-2H3. The number of aromatic nitrogens is 2. The van der Waals surface area contributed by atoms with Crippen molar-refractivity contribution in [2.24, 2.45) is 7.05 Å². The lowest BCUT2D eigenvalue weighted by Crippen LogP contribution is -2.41. The van der Waals surface area contributed by atoms with Gasteiger partial charge in [-0.05, 0) is 17.9 Å². The zero-order valence-corrected chi connectivity index (χ0v) is 15.6. The van der Waals surface area contributed by atoms with Gasteiger partial charge in [0.15, 0.2) is 5.41 Å². The maximum Gasteiger partial charge on any atom is 0.323 e. The van der Waals surface area contributed by atoms with Gasteiger partial charge < -0.3 is 14.5 Å². The highest BCUT2D eigenvalue weighted by Crippen LogP contribution is 2.29. The zero-order valence-electron chi connectivity index (χ0n) is 14.8. The van der Waals surface area contributed by atoms with Crippen molar-refractivity contribution >= 4 is 23.6 Å². The predicted octanol–water partition coefficient (Wildman–Crippen LogP) is 3.61. The minimum Gasteiger partial charge on any atom is -0.480 e. The molecule has 0 aliphatic rings. The van der Waals surface area contributed by atoms with Gasteiger partial charge in [0.25, 0.3) is 0 Å². The summed E-state index contributed by atoms with van der Waals surface area (Å²) >= 11 is 1.45. The molecule has 0 fully saturated rings. The van der Waals surface area contributed by atoms with Crippen molar-refractivity contribution in [2.45, 2.75) is 51.9 Å². The Morgan fingerprint density at radius 3 is 2.67 bits per heavy atom. The predicted molar refractivity (Wildman–Crippen MR) is 96.6 cm³/mol. The van der Waals surface area contributed by atoms with Crippen LogP contribution in [0, 0.1) is 0 Å². The van der Waals surface area contributed by atoms with Crippen LogP contribution in [0.3, 0.4) is 0 Å². The van der Waals surface area contributed by atoms with Crippen molar-refractivity contribution in [3.63, 3.8) is 0 Å². The van der Waals surface area contributed by atoms with Gasteiger partial charge in [-0.25, -0.2) is 4.98 Å². The van der Waals surface area contributed by atoms with Crippen LogP contribution >= 0.6 is 11.3 Å². The number of nitrogens with zero attached hydrogens (tertiary/aromatic N) is 2. The Hall–Kier alpha value is -1.95. The lowest BCUT2D eigenvalue weighted by atomic mass is 9.82. The first-order valence-electron chi connectivity index (χ1n) is 8.28. The van der Waals surface area contributed by atoms with E-state index in [0.29, 0.717) is 12.0 Å². The first kappa shape index (κ1) is 20.1. The van der Waals surface area contributed by atoms with Gasteiger partial charge in [0.1, 0.15) is 12.1 Å². The van der Waals surface area contributed by atoms with Crippen molar-refractivity contribution in [3.05, 3.63) is 40.1 Å². The third-order valence-electron chi connectivity index (χ3n) is 3.91. The average Bonchev–Trinajstić information content (AvgIpc) is 3.22. The number of hydrogen-bond acceptors (Lipinski definition) is 4. The molecule has 0 saturated heterocycles. The molecule has 0 aliphatic heterocycles. The van der Waals surface area contributed by atoms with Crippen LogP contribution in [0.25, 0.3) is 0 Å². The number of hydrogen-bond donors (Lipinski definition) is 1. The van der Waals surface area contributed by atoms with Gasteiger partial charge >= 0.3 is 5.97 Å². The van der Waals surface area contributed by atoms with Gasteiger partial charge in [-0.15, -0.1) is 11.3 Å². The summed E-state index contributed by atoms with van der Waals surface area (Å²) in [6.45, 7) is 6.09. The van der Waals surface area contributed by atoms with Gasteiger partial charge in [0.05, 0.1) is 11.9 Å². The molecule has 0 radical (unpaired) electrons. The smallest absolute Gasteiger partial charge is 0.323 e. The van der Waals surface area contributed by atoms with Crippen molar-refractivity contribution in [3.8, 4) is 0 Å². The highest BCUT2D eigenvalue weighted by atomic mass is 32.1. The number of imidazole rings is 1. The molecular formula is C18H26N2O3S. The van der Waals surface area contributed by atoms with Crippen LogP contribution in [-0.2, 0) is 34.9 Å². The van der Waals surface area contributed by atoms with E-state index in [4.69, 9.17) is 0 Å². The second-order valence-corrected chi connectivity index (χ2v) is 6.40. The SMILES string of the molecule is CC.CCCCc1ncc(C(C=O)(Cc2cccs2)C(=O)O)n1C. The zero-order chi connectivity index (χ0) is 18.2. The molecule has 132 valence electrons. The Labute approximate surface area is 147 Å². The Kier molecular flexibility index (Phi) is 7.85. The van der Waals surface area contributed by atoms with Gasteiger partial charge in [-0.2, -0.15) is 0 Å². The van der Waals surface area contributed by atoms with Crippen molar-refractivity contribution in [1.82, 2.24) is 9.55 Å². The van der Waals surface area contributed by atoms with Crippen LogP contribution in [0.5, 0.6) is 0 Å². The third kappa shape index (κ3) is 4.12. The first-order valence-corrected chi connectivity index (χ1v) is 9.16. The molecule has 1 N–H and O–H groups in total. The minimum atomic E-state index is -1.59. The lowest BCUT2D eigenvalue weighted by Gasteiger charge is -2.23. The van der Waals surface area contributed by atoms with Crippen LogP contribution in [0.2, 0.25) is 0 Å². The van der Waals surface area contributed by atoms with E-state index in [1.54, 1.807) is 11.6 Å². The van der Waals surface area contributed by atoms with Gasteiger partial charge in [-0.1, -0.05) is 33.3 Å². The average molecular weight is 350 g/mol. The highest BCUT2D eigenvalue weighted by Gasteiger charge is 2.43. The highest BCUT2D eigenvalue weighted by molar-refractivity contribution is 7.09. The van der Waals surface area contributed by atoms with Crippen molar-refractivity contribution in [1.29, 1.82) is 0 Å². The van der Waals surface area contributed by atoms with Crippen molar-refractivity contribution < 1.29 is 14.7 Å². The van der Waals surface area contributed by atoms with Crippen LogP contribution in [-0.4, -0.2) is 26.9 Å². The van der Waals surface area contributed by atoms with Gasteiger partial charge in [-0.3, -0.25) is 4.79 Å². The molecule has 5 nitrogen and oxygen atoms in total. The number of carboxylic acids is 1. The fourth-order valence-electron chi connectivity index (χ4n) is 2.55. The minimum absolute atomic E-state index is 0.149. The van der Waals surface area contributed by atoms with E-state index < -0.39 is 11.4 Å². The maximum absolute atomic E-state index is 11.9. The Morgan fingerprint density at radius 1 is 1.46 bits per heavy atom. The number of carboxylic acid groups (broad SMARTS) is 1. The molecule has 2 aromatic rings. The third-order valence-corrected chi connectivity index (χ3v) is 4.79. The first-order chi connectivity index (χ1) is 11.5. The van der Waals surface area contributed by atoms with Crippen LogP contribution in [0.1, 0.15) is 50.0 Å². The molecule has 0 spiro atoms. The fraction of sp³-hybridized carbons (Fsp3) is 0.500. The molecule has 24 heavy (non-hydrogen) atoms. The van der Waals surface area contributed by atoms with Gasteiger partial charge in [0.2, 0.25) is 0 Å². The summed E-state index contributed by atoms with van der Waals surface area (Å²) in [5.41, 5.74) is -1.15. The normalized spacial score (nSPS) is 12.8. The summed E-state index contributed by atoms with van der Waals surface area (Å²) < 4.78 is 1.76. The van der Waals surface area contributed by atoms with E-state index >= 15 is 0 Å². The van der Waals surface area contributed by atoms with E-state index in [2.05, 4.69) is 11.9 Å². The molecule has 0 aromatic carbocycles. The summed E-state index contributed by atoms with van der Waals surface area (Å²) in [6, 6.07) is 3.70. The maximum atomic E-state index is 11.9. The summed E-state index contributed by atoms with van der Waals surface area (Å²) in [5.74, 6) is -0.323. The second-order valence-electron chi connectivity index (χ2n) is 5.37. The van der Waals surface area contributed by atoms with E-state index in [1.807, 2.05) is 31.4 Å². The molecule has 1 unspecified atom stereocenters. The van der Waals surface area contributed by atoms with Crippen LogP contribution in [0.15, 0.2) is 23.7 Å². The molecule has 6 heteroatoms. The quantitative estimate of drug-likeness (QED) is 0.583. The van der Waals surface area contributed by atoms with Crippen molar-refractivity contribution in [2.75, 3.05) is 0 Å². The largest absolute Gasteiger partial charge is 0.480 e. The molecule has 2 rings (SSSR count). The number of thiophene rings is 1. The van der Waals surface area contributed by atoms with Crippen LogP contribution in [0.4, 0.5) is 0 Å². The summed E-state index contributed by atoms with van der Waals surface area (Å²) in [6.07, 6.45) is 5.01. The molecule has 2 heterocycles. The summed E-state index contributed by atoms with van der Waals surface area (Å²) in [7, 11) is 1.78. The molecular weight excluding hydrogens is 324 g/mol. The second kappa shape index (κ2) is 9.37. The van der Waals surface area contributed by atoms with Gasteiger partial charge in [0, 0.05) is 24.8 Å². The molecule has 0 saturated carbocycles. The number of carbonyl (C=O) groups is 2. The number of aldehydes is 1. The lowest BCUT2D eigenvalue weighted by molar-refractivity contribution is -0.146. The molecule has 0 amide bonds. The molecule has 0 aliphatic carbocycles. The van der Waals surface area contributed by atoms with E-state index in [0.717, 1.165) is 30.0 Å². The number of unbranched alkanes of at least 4 members (excludes halogenated alkanes) is 1. The molecule has 0 bridgehead atoms. The number of rotatable bonds is 8. The molecule has 1 atom stereocenters.